The molecule has 0 spiro atoms. The lowest BCUT2D eigenvalue weighted by Crippen LogP contribution is -2.43. The lowest BCUT2D eigenvalue weighted by Gasteiger charge is -2.30. The van der Waals surface area contributed by atoms with E-state index >= 15 is 0 Å². The average Bonchev–Trinajstić information content (AvgIpc) is 2.79. The summed E-state index contributed by atoms with van der Waals surface area (Å²) in [5.74, 6) is 0.543. The van der Waals surface area contributed by atoms with Crippen molar-refractivity contribution in [2.24, 2.45) is 5.92 Å². The van der Waals surface area contributed by atoms with Crippen LogP contribution in [-0.4, -0.2) is 45.4 Å². The molecule has 1 aliphatic heterocycles. The van der Waals surface area contributed by atoms with E-state index in [2.05, 4.69) is 5.32 Å². The lowest BCUT2D eigenvalue weighted by molar-refractivity contribution is -0.126. The largest absolute Gasteiger partial charge is 0.496 e. The van der Waals surface area contributed by atoms with Gasteiger partial charge in [0.15, 0.2) is 0 Å². The summed E-state index contributed by atoms with van der Waals surface area (Å²) < 4.78 is 32.3. The Labute approximate surface area is 199 Å². The van der Waals surface area contributed by atoms with E-state index in [-0.39, 0.29) is 17.6 Å². The smallest absolute Gasteiger partial charge is 0.223 e. The number of hydrogen-bond donors (Lipinski definition) is 1. The van der Waals surface area contributed by atoms with Gasteiger partial charge in [0.05, 0.1) is 22.9 Å². The fourth-order valence-corrected chi connectivity index (χ4v) is 5.74. The first kappa shape index (κ1) is 24.8. The first-order chi connectivity index (χ1) is 15.3. The van der Waals surface area contributed by atoms with Crippen LogP contribution in [0.25, 0.3) is 0 Å². The molecule has 0 saturated carbocycles. The minimum Gasteiger partial charge on any atom is -0.496 e. The van der Waals surface area contributed by atoms with Crippen molar-refractivity contribution >= 4 is 39.1 Å². The number of carbonyl (C=O) groups excluding carboxylic acids is 1. The zero-order valence-electron chi connectivity index (χ0n) is 18.0. The predicted molar refractivity (Wildman–Crippen MR) is 128 cm³/mol. The predicted octanol–water partition coefficient (Wildman–Crippen LogP) is 4.29. The number of amides is 1. The minimum atomic E-state index is -3.49. The highest BCUT2D eigenvalue weighted by Gasteiger charge is 2.31. The molecule has 9 heteroatoms. The molecule has 1 fully saturated rings. The van der Waals surface area contributed by atoms with Crippen LogP contribution >= 0.6 is 23.2 Å². The number of para-hydroxylation sites is 1. The molecule has 0 aromatic heterocycles. The third kappa shape index (κ3) is 6.61. The number of methoxy groups -OCH3 is 1. The maximum Gasteiger partial charge on any atom is 0.223 e. The van der Waals surface area contributed by atoms with Crippen LogP contribution in [0, 0.1) is 5.92 Å². The number of piperidine rings is 1. The summed E-state index contributed by atoms with van der Waals surface area (Å²) in [7, 11) is -1.83. The summed E-state index contributed by atoms with van der Waals surface area (Å²) >= 11 is 11.9. The number of aryl methyl sites for hydroxylation is 1. The van der Waals surface area contributed by atoms with Crippen molar-refractivity contribution in [3.05, 3.63) is 63.6 Å². The van der Waals surface area contributed by atoms with E-state index in [4.69, 9.17) is 27.9 Å². The van der Waals surface area contributed by atoms with Crippen molar-refractivity contribution in [2.75, 3.05) is 26.7 Å². The first-order valence-electron chi connectivity index (χ1n) is 10.6. The number of hydrogen-bond acceptors (Lipinski definition) is 4. The van der Waals surface area contributed by atoms with Gasteiger partial charge in [-0.2, -0.15) is 0 Å². The van der Waals surface area contributed by atoms with E-state index in [0.29, 0.717) is 48.1 Å². The second-order valence-electron chi connectivity index (χ2n) is 7.88. The fourth-order valence-electron chi connectivity index (χ4n) is 3.87. The van der Waals surface area contributed by atoms with Crippen molar-refractivity contribution in [3.8, 4) is 5.75 Å². The summed E-state index contributed by atoms with van der Waals surface area (Å²) in [6.45, 7) is 1.25. The van der Waals surface area contributed by atoms with Crippen molar-refractivity contribution in [2.45, 2.75) is 31.4 Å². The molecule has 174 valence electrons. The molecule has 0 unspecified atom stereocenters. The zero-order chi connectivity index (χ0) is 23.1. The molecule has 0 aliphatic carbocycles. The quantitative estimate of drug-likeness (QED) is 0.523. The number of rotatable bonds is 9. The number of nitrogens with one attached hydrogen (secondary N) is 1. The van der Waals surface area contributed by atoms with Gasteiger partial charge in [0.25, 0.3) is 0 Å². The third-order valence-electron chi connectivity index (χ3n) is 5.67. The zero-order valence-corrected chi connectivity index (χ0v) is 20.3. The van der Waals surface area contributed by atoms with E-state index in [1.807, 2.05) is 24.3 Å². The van der Waals surface area contributed by atoms with Gasteiger partial charge < -0.3 is 10.1 Å². The van der Waals surface area contributed by atoms with Crippen molar-refractivity contribution < 1.29 is 17.9 Å². The number of benzene rings is 2. The van der Waals surface area contributed by atoms with Gasteiger partial charge in [-0.05, 0) is 55.0 Å². The number of sulfonamides is 1. The van der Waals surface area contributed by atoms with Gasteiger partial charge in [0.2, 0.25) is 15.9 Å². The SMILES string of the molecule is COc1ccccc1CCCNC(=O)C1CCN(S(=O)(=O)Cc2ccc(Cl)c(Cl)c2)CC1. The molecule has 2 aromatic rings. The molecule has 0 bridgehead atoms. The van der Waals surface area contributed by atoms with E-state index in [0.717, 1.165) is 24.2 Å². The molecule has 3 rings (SSSR count). The van der Waals surface area contributed by atoms with Crippen molar-refractivity contribution in [1.82, 2.24) is 9.62 Å². The molecule has 1 saturated heterocycles. The number of halogens is 2. The summed E-state index contributed by atoms with van der Waals surface area (Å²) in [6.07, 6.45) is 2.65. The van der Waals surface area contributed by atoms with Gasteiger partial charge in [-0.1, -0.05) is 47.5 Å². The molecular weight excluding hydrogens is 471 g/mol. The van der Waals surface area contributed by atoms with Crippen LogP contribution in [0.4, 0.5) is 0 Å². The molecule has 1 aliphatic rings. The fraction of sp³-hybridized carbons (Fsp3) is 0.435. The molecule has 2 aromatic carbocycles. The van der Waals surface area contributed by atoms with Crippen LogP contribution in [0.1, 0.15) is 30.4 Å². The van der Waals surface area contributed by atoms with Crippen LogP contribution in [-0.2, 0) is 27.0 Å². The van der Waals surface area contributed by atoms with Crippen LogP contribution in [0.3, 0.4) is 0 Å². The van der Waals surface area contributed by atoms with Gasteiger partial charge >= 0.3 is 0 Å². The summed E-state index contributed by atoms with van der Waals surface area (Å²) in [5, 5.41) is 3.72. The van der Waals surface area contributed by atoms with E-state index in [1.165, 1.54) is 4.31 Å². The third-order valence-corrected chi connectivity index (χ3v) is 8.25. The number of nitrogens with zero attached hydrogens (tertiary/aromatic N) is 1. The van der Waals surface area contributed by atoms with Crippen molar-refractivity contribution in [1.29, 1.82) is 0 Å². The first-order valence-corrected chi connectivity index (χ1v) is 13.0. The maximum absolute atomic E-state index is 12.8. The monoisotopic (exact) mass is 498 g/mol. The summed E-state index contributed by atoms with van der Waals surface area (Å²) in [5.41, 5.74) is 1.71. The molecular formula is C23H28Cl2N2O4S. The lowest BCUT2D eigenvalue weighted by atomic mass is 9.97. The Kier molecular flexibility index (Phi) is 8.82. The van der Waals surface area contributed by atoms with Crippen LogP contribution in [0.5, 0.6) is 5.75 Å². The average molecular weight is 499 g/mol. The maximum atomic E-state index is 12.8. The van der Waals surface area contributed by atoms with Gasteiger partial charge in [0.1, 0.15) is 5.75 Å². The summed E-state index contributed by atoms with van der Waals surface area (Å²) in [4.78, 5) is 12.5. The van der Waals surface area contributed by atoms with Crippen LogP contribution in [0.2, 0.25) is 10.0 Å². The Balaban J connectivity index is 1.43. The second kappa shape index (κ2) is 11.4. The normalized spacial score (nSPS) is 15.5. The molecule has 0 radical (unpaired) electrons. The highest BCUT2D eigenvalue weighted by Crippen LogP contribution is 2.26. The Morgan fingerprint density at radius 3 is 2.53 bits per heavy atom. The molecule has 32 heavy (non-hydrogen) atoms. The second-order valence-corrected chi connectivity index (χ2v) is 10.7. The summed E-state index contributed by atoms with van der Waals surface area (Å²) in [6, 6.07) is 12.7. The topological polar surface area (TPSA) is 75.7 Å². The van der Waals surface area contributed by atoms with Crippen LogP contribution in [0.15, 0.2) is 42.5 Å². The Morgan fingerprint density at radius 2 is 1.84 bits per heavy atom. The molecule has 1 N–H and O–H groups in total. The highest BCUT2D eigenvalue weighted by molar-refractivity contribution is 7.88. The van der Waals surface area contributed by atoms with Crippen LogP contribution < -0.4 is 10.1 Å². The van der Waals surface area contributed by atoms with Gasteiger partial charge in [-0.25, -0.2) is 12.7 Å². The Hall–Kier alpha value is -1.80. The van der Waals surface area contributed by atoms with Gasteiger partial charge in [0, 0.05) is 25.6 Å². The van der Waals surface area contributed by atoms with E-state index < -0.39 is 10.0 Å². The Bertz CT molecular complexity index is 1040. The van der Waals surface area contributed by atoms with Gasteiger partial charge in [-0.3, -0.25) is 4.79 Å². The highest BCUT2D eigenvalue weighted by atomic mass is 35.5. The number of ether oxygens (including phenoxy) is 1. The standard InChI is InChI=1S/C23H28Cl2N2O4S/c1-31-22-7-3-2-5-18(22)6-4-12-26-23(28)19-10-13-27(14-11-19)32(29,30)16-17-8-9-20(24)21(25)15-17/h2-3,5,7-9,15,19H,4,6,10-14,16H2,1H3,(H,26,28). The Morgan fingerprint density at radius 1 is 1.12 bits per heavy atom. The molecule has 1 heterocycles. The molecule has 0 atom stereocenters. The van der Waals surface area contributed by atoms with E-state index in [1.54, 1.807) is 25.3 Å². The van der Waals surface area contributed by atoms with Gasteiger partial charge in [-0.15, -0.1) is 0 Å². The number of carbonyl (C=O) groups is 1. The van der Waals surface area contributed by atoms with E-state index in [9.17, 15) is 13.2 Å². The molecule has 1 amide bonds. The minimum absolute atomic E-state index is 0.00782. The van der Waals surface area contributed by atoms with Crippen molar-refractivity contribution in [3.63, 3.8) is 0 Å². The molecule has 6 nitrogen and oxygen atoms in total.